The number of ether oxygens (including phenoxy) is 1. The molecule has 0 aliphatic carbocycles. The SMILES string of the molecule is Cc1ccc(COC(=O)n2ccnc2C(C)c2cccc(C)c2C)cc1Cl. The molecular formula is C22H23ClN2O2. The van der Waals surface area contributed by atoms with Gasteiger partial charge in [0.1, 0.15) is 12.4 Å². The molecule has 0 fully saturated rings. The van der Waals surface area contributed by atoms with E-state index in [1.165, 1.54) is 15.7 Å². The molecule has 1 unspecified atom stereocenters. The maximum absolute atomic E-state index is 12.6. The summed E-state index contributed by atoms with van der Waals surface area (Å²) in [5.74, 6) is 0.636. The van der Waals surface area contributed by atoms with Crippen LogP contribution < -0.4 is 0 Å². The van der Waals surface area contributed by atoms with Gasteiger partial charge in [0.15, 0.2) is 0 Å². The van der Waals surface area contributed by atoms with Gasteiger partial charge >= 0.3 is 6.09 Å². The van der Waals surface area contributed by atoms with Crippen LogP contribution in [0.4, 0.5) is 4.79 Å². The smallest absolute Gasteiger partial charge is 0.419 e. The van der Waals surface area contributed by atoms with Crippen LogP contribution in [0.15, 0.2) is 48.8 Å². The van der Waals surface area contributed by atoms with Crippen LogP contribution in [-0.2, 0) is 11.3 Å². The Kier molecular flexibility index (Phi) is 5.66. The number of carbonyl (C=O) groups excluding carboxylic acids is 1. The molecule has 1 aromatic heterocycles. The molecule has 0 aliphatic rings. The number of halogens is 1. The number of hydrogen-bond acceptors (Lipinski definition) is 3. The zero-order chi connectivity index (χ0) is 19.6. The lowest BCUT2D eigenvalue weighted by molar-refractivity contribution is 0.140. The van der Waals surface area contributed by atoms with Crippen LogP contribution in [0.3, 0.4) is 0 Å². The lowest BCUT2D eigenvalue weighted by Gasteiger charge is -2.17. The lowest BCUT2D eigenvalue weighted by atomic mass is 9.93. The second-order valence-electron chi connectivity index (χ2n) is 6.80. The fourth-order valence-electron chi connectivity index (χ4n) is 3.11. The van der Waals surface area contributed by atoms with Crippen molar-refractivity contribution in [3.05, 3.63) is 87.5 Å². The van der Waals surface area contributed by atoms with Crippen LogP contribution in [0, 0.1) is 20.8 Å². The van der Waals surface area contributed by atoms with E-state index < -0.39 is 6.09 Å². The first-order valence-corrected chi connectivity index (χ1v) is 9.27. The third-order valence-corrected chi connectivity index (χ3v) is 5.37. The highest BCUT2D eigenvalue weighted by molar-refractivity contribution is 6.31. The number of hydrogen-bond donors (Lipinski definition) is 0. The zero-order valence-electron chi connectivity index (χ0n) is 16.0. The molecule has 0 N–H and O–H groups in total. The number of aromatic nitrogens is 2. The molecule has 3 rings (SSSR count). The Morgan fingerprint density at radius 1 is 1.19 bits per heavy atom. The molecule has 3 aromatic rings. The maximum Gasteiger partial charge on any atom is 0.419 e. The van der Waals surface area contributed by atoms with E-state index >= 15 is 0 Å². The molecule has 0 radical (unpaired) electrons. The topological polar surface area (TPSA) is 44.1 Å². The third kappa shape index (κ3) is 4.06. The summed E-state index contributed by atoms with van der Waals surface area (Å²) in [5, 5.41) is 0.662. The molecular weight excluding hydrogens is 360 g/mol. The maximum atomic E-state index is 12.6. The van der Waals surface area contributed by atoms with E-state index in [0.29, 0.717) is 10.8 Å². The van der Waals surface area contributed by atoms with Gasteiger partial charge in [0.25, 0.3) is 0 Å². The van der Waals surface area contributed by atoms with Crippen molar-refractivity contribution in [1.29, 1.82) is 0 Å². The van der Waals surface area contributed by atoms with Crippen LogP contribution in [0.25, 0.3) is 0 Å². The summed E-state index contributed by atoms with van der Waals surface area (Å²) in [6.07, 6.45) is 2.82. The molecule has 0 spiro atoms. The number of benzene rings is 2. The summed E-state index contributed by atoms with van der Waals surface area (Å²) in [5.41, 5.74) is 5.42. The van der Waals surface area contributed by atoms with E-state index in [4.69, 9.17) is 16.3 Å². The first-order chi connectivity index (χ1) is 12.9. The first kappa shape index (κ1) is 19.2. The molecule has 0 saturated heterocycles. The summed E-state index contributed by atoms with van der Waals surface area (Å²) in [6, 6.07) is 11.8. The van der Waals surface area contributed by atoms with Gasteiger partial charge in [-0.1, -0.05) is 48.9 Å². The van der Waals surface area contributed by atoms with Crippen LogP contribution >= 0.6 is 11.6 Å². The van der Waals surface area contributed by atoms with Crippen molar-refractivity contribution < 1.29 is 9.53 Å². The fraction of sp³-hybridized carbons (Fsp3) is 0.273. The van der Waals surface area contributed by atoms with Crippen molar-refractivity contribution >= 4 is 17.7 Å². The Hall–Kier alpha value is -2.59. The second-order valence-corrected chi connectivity index (χ2v) is 7.21. The average Bonchev–Trinajstić information content (AvgIpc) is 3.14. The van der Waals surface area contributed by atoms with Crippen LogP contribution in [0.1, 0.15) is 46.5 Å². The molecule has 0 saturated carbocycles. The minimum Gasteiger partial charge on any atom is -0.444 e. The quantitative estimate of drug-likeness (QED) is 0.572. The summed E-state index contributed by atoms with van der Waals surface area (Å²) >= 11 is 6.14. The Balaban J connectivity index is 1.78. The molecule has 1 atom stereocenters. The van der Waals surface area contributed by atoms with E-state index in [1.807, 2.05) is 38.1 Å². The Bertz CT molecular complexity index is 978. The van der Waals surface area contributed by atoms with Crippen molar-refractivity contribution in [2.75, 3.05) is 0 Å². The number of aryl methyl sites for hydroxylation is 2. The second kappa shape index (κ2) is 7.97. The van der Waals surface area contributed by atoms with E-state index in [-0.39, 0.29) is 12.5 Å². The van der Waals surface area contributed by atoms with E-state index in [1.54, 1.807) is 12.4 Å². The normalized spacial score (nSPS) is 12.0. The number of imidazole rings is 1. The van der Waals surface area contributed by atoms with Crippen molar-refractivity contribution in [2.24, 2.45) is 0 Å². The van der Waals surface area contributed by atoms with Gasteiger partial charge in [-0.2, -0.15) is 0 Å². The summed E-state index contributed by atoms with van der Waals surface area (Å²) in [7, 11) is 0. The molecule has 27 heavy (non-hydrogen) atoms. The predicted molar refractivity (Wildman–Crippen MR) is 107 cm³/mol. The van der Waals surface area contributed by atoms with Crippen molar-refractivity contribution in [3.8, 4) is 0 Å². The highest BCUT2D eigenvalue weighted by atomic mass is 35.5. The highest BCUT2D eigenvalue weighted by Gasteiger charge is 2.20. The lowest BCUT2D eigenvalue weighted by Crippen LogP contribution is -2.18. The van der Waals surface area contributed by atoms with Gasteiger partial charge < -0.3 is 4.74 Å². The third-order valence-electron chi connectivity index (χ3n) is 4.96. The van der Waals surface area contributed by atoms with Crippen LogP contribution in [0.2, 0.25) is 5.02 Å². The monoisotopic (exact) mass is 382 g/mol. The van der Waals surface area contributed by atoms with Gasteiger partial charge in [-0.3, -0.25) is 0 Å². The fourth-order valence-corrected chi connectivity index (χ4v) is 3.32. The van der Waals surface area contributed by atoms with Crippen LogP contribution in [0.5, 0.6) is 0 Å². The predicted octanol–water partition coefficient (Wildman–Crippen LogP) is 5.80. The molecule has 5 heteroatoms. The Morgan fingerprint density at radius 3 is 2.70 bits per heavy atom. The van der Waals surface area contributed by atoms with Gasteiger partial charge in [-0.05, 0) is 54.7 Å². The van der Waals surface area contributed by atoms with E-state index in [2.05, 4.69) is 31.0 Å². The zero-order valence-corrected chi connectivity index (χ0v) is 16.7. The van der Waals surface area contributed by atoms with Crippen LogP contribution in [-0.4, -0.2) is 15.6 Å². The van der Waals surface area contributed by atoms with Gasteiger partial charge in [-0.15, -0.1) is 0 Å². The van der Waals surface area contributed by atoms with Crippen molar-refractivity contribution in [2.45, 2.75) is 40.2 Å². The minimum absolute atomic E-state index is 0.0266. The molecule has 2 aromatic carbocycles. The van der Waals surface area contributed by atoms with Gasteiger partial charge in [0, 0.05) is 23.3 Å². The van der Waals surface area contributed by atoms with Gasteiger partial charge in [0.05, 0.1) is 0 Å². The number of rotatable bonds is 4. The molecule has 4 nitrogen and oxygen atoms in total. The Morgan fingerprint density at radius 2 is 1.96 bits per heavy atom. The van der Waals surface area contributed by atoms with Gasteiger partial charge in [-0.25, -0.2) is 14.3 Å². The molecule has 0 bridgehead atoms. The summed E-state index contributed by atoms with van der Waals surface area (Å²) in [6.45, 7) is 8.32. The van der Waals surface area contributed by atoms with Gasteiger partial charge in [0.2, 0.25) is 0 Å². The first-order valence-electron chi connectivity index (χ1n) is 8.90. The highest BCUT2D eigenvalue weighted by Crippen LogP contribution is 2.27. The molecule has 1 heterocycles. The molecule has 0 aliphatic heterocycles. The standard InChI is InChI=1S/C22H23ClN2O2/c1-14-6-5-7-19(16(14)3)17(4)21-24-10-11-25(21)22(26)27-13-18-9-8-15(2)20(23)12-18/h5-12,17H,13H2,1-4H3. The number of carbonyl (C=O) groups is 1. The van der Waals surface area contributed by atoms with E-state index in [0.717, 1.165) is 16.7 Å². The van der Waals surface area contributed by atoms with E-state index in [9.17, 15) is 4.79 Å². The van der Waals surface area contributed by atoms with Crippen molar-refractivity contribution in [3.63, 3.8) is 0 Å². The largest absolute Gasteiger partial charge is 0.444 e. The number of nitrogens with zero attached hydrogens (tertiary/aromatic N) is 2. The summed E-state index contributed by atoms with van der Waals surface area (Å²) in [4.78, 5) is 17.0. The average molecular weight is 383 g/mol. The van der Waals surface area contributed by atoms with Crippen molar-refractivity contribution in [1.82, 2.24) is 9.55 Å². The minimum atomic E-state index is -0.448. The molecule has 140 valence electrons. The molecule has 0 amide bonds. The Labute approximate surface area is 164 Å². The summed E-state index contributed by atoms with van der Waals surface area (Å²) < 4.78 is 6.95.